The van der Waals surface area contributed by atoms with Gasteiger partial charge in [-0.3, -0.25) is 9.10 Å². The van der Waals surface area contributed by atoms with Crippen molar-refractivity contribution in [2.45, 2.75) is 6.42 Å². The van der Waals surface area contributed by atoms with Crippen molar-refractivity contribution in [3.63, 3.8) is 0 Å². The van der Waals surface area contributed by atoms with Crippen molar-refractivity contribution in [2.24, 2.45) is 0 Å². The molecule has 116 valence electrons. The topological polar surface area (TPSA) is 127 Å². The van der Waals surface area contributed by atoms with Crippen LogP contribution in [0.4, 0.5) is 11.4 Å². The number of hydrogen-bond donors (Lipinski definition) is 2. The number of nitrogens with two attached hydrogens (primary N) is 1. The Balaban J connectivity index is 3.10. The van der Waals surface area contributed by atoms with E-state index in [4.69, 9.17) is 10.8 Å². The number of carbonyl (C=O) groups excluding carboxylic acids is 1. The van der Waals surface area contributed by atoms with Gasteiger partial charge in [0.1, 0.15) is 0 Å². The Bertz CT molecular complexity index is 656. The van der Waals surface area contributed by atoms with Crippen LogP contribution in [0.5, 0.6) is 0 Å². The molecule has 0 fully saturated rings. The third-order valence-corrected chi connectivity index (χ3v) is 4.55. The van der Waals surface area contributed by atoms with Crippen molar-refractivity contribution in [1.29, 1.82) is 0 Å². The summed E-state index contributed by atoms with van der Waals surface area (Å²) in [6, 6.07) is 3.87. The van der Waals surface area contributed by atoms with E-state index in [1.807, 2.05) is 0 Å². The summed E-state index contributed by atoms with van der Waals surface area (Å²) in [6.07, 6.45) is -0.319. The first-order valence-corrected chi connectivity index (χ1v) is 7.46. The van der Waals surface area contributed by atoms with Crippen LogP contribution in [0.15, 0.2) is 18.2 Å². The summed E-state index contributed by atoms with van der Waals surface area (Å²) in [4.78, 5) is 22.2. The number of rotatable bonds is 6. The maximum absolute atomic E-state index is 12.1. The number of aromatic carboxylic acids is 1. The van der Waals surface area contributed by atoms with Crippen LogP contribution in [0.2, 0.25) is 0 Å². The first-order chi connectivity index (χ1) is 9.69. The van der Waals surface area contributed by atoms with Crippen molar-refractivity contribution < 1.29 is 27.9 Å². The summed E-state index contributed by atoms with van der Waals surface area (Å²) in [6.45, 7) is 0. The zero-order valence-electron chi connectivity index (χ0n) is 11.6. The number of nitrogens with zero attached hydrogens (tertiary/aromatic N) is 1. The Hall–Kier alpha value is -2.29. The van der Waals surface area contributed by atoms with Crippen molar-refractivity contribution in [3.8, 4) is 0 Å². The Morgan fingerprint density at radius 2 is 2.00 bits per heavy atom. The molecule has 0 aliphatic rings. The molecule has 0 saturated heterocycles. The van der Waals surface area contributed by atoms with Crippen LogP contribution in [0.25, 0.3) is 0 Å². The number of nitrogen functional groups attached to an aromatic ring is 1. The van der Waals surface area contributed by atoms with Gasteiger partial charge in [0.25, 0.3) is 0 Å². The average Bonchev–Trinajstić information content (AvgIpc) is 2.43. The lowest BCUT2D eigenvalue weighted by Crippen LogP contribution is -2.31. The largest absolute Gasteiger partial charge is 0.478 e. The van der Waals surface area contributed by atoms with Crippen molar-refractivity contribution >= 4 is 33.3 Å². The summed E-state index contributed by atoms with van der Waals surface area (Å²) in [7, 11) is -1.49. The van der Waals surface area contributed by atoms with Crippen molar-refractivity contribution in [1.82, 2.24) is 0 Å². The molecule has 0 unspecified atom stereocenters. The third kappa shape index (κ3) is 4.09. The van der Waals surface area contributed by atoms with E-state index in [-0.39, 0.29) is 23.4 Å². The van der Waals surface area contributed by atoms with Gasteiger partial charge in [-0.1, -0.05) is 0 Å². The van der Waals surface area contributed by atoms with Gasteiger partial charge in [0.05, 0.1) is 30.5 Å². The molecular formula is C12H16N2O6S. The highest BCUT2D eigenvalue weighted by molar-refractivity contribution is 7.92. The lowest BCUT2D eigenvalue weighted by Gasteiger charge is -2.21. The quantitative estimate of drug-likeness (QED) is 0.570. The Morgan fingerprint density at radius 3 is 2.52 bits per heavy atom. The van der Waals surface area contributed by atoms with E-state index >= 15 is 0 Å². The van der Waals surface area contributed by atoms with Crippen molar-refractivity contribution in [2.75, 3.05) is 29.9 Å². The fraction of sp³-hybridized carbons (Fsp3) is 0.333. The number of benzene rings is 1. The highest BCUT2D eigenvalue weighted by atomic mass is 32.2. The molecule has 0 aromatic heterocycles. The van der Waals surface area contributed by atoms with Gasteiger partial charge >= 0.3 is 11.9 Å². The number of sulfonamides is 1. The molecule has 0 bridgehead atoms. The molecule has 8 nitrogen and oxygen atoms in total. The number of carboxylic acid groups (broad SMARTS) is 1. The molecule has 0 aliphatic carbocycles. The third-order valence-electron chi connectivity index (χ3n) is 2.80. The molecule has 1 aromatic carbocycles. The molecule has 9 heteroatoms. The maximum Gasteiger partial charge on any atom is 0.337 e. The Labute approximate surface area is 122 Å². The molecule has 1 aromatic rings. The second-order valence-corrected chi connectivity index (χ2v) is 6.31. The predicted molar refractivity (Wildman–Crippen MR) is 76.6 cm³/mol. The minimum Gasteiger partial charge on any atom is -0.478 e. The van der Waals surface area contributed by atoms with E-state index in [9.17, 15) is 18.0 Å². The van der Waals surface area contributed by atoms with Crippen molar-refractivity contribution in [3.05, 3.63) is 23.8 Å². The number of esters is 1. The molecule has 0 saturated carbocycles. The molecule has 21 heavy (non-hydrogen) atoms. The van der Waals surface area contributed by atoms with Gasteiger partial charge < -0.3 is 15.6 Å². The average molecular weight is 316 g/mol. The molecule has 0 heterocycles. The maximum atomic E-state index is 12.1. The molecule has 3 N–H and O–H groups in total. The standard InChI is InChI=1S/C12H16N2O6S/c1-14(21(18,19)6-5-11(15)20-2)10-4-3-8(13)7-9(10)12(16)17/h3-4,7H,5-6,13H2,1-2H3,(H,16,17). The first kappa shape index (κ1) is 16.8. The molecule has 0 atom stereocenters. The molecule has 0 aliphatic heterocycles. The van der Waals surface area contributed by atoms with E-state index in [0.717, 1.165) is 11.4 Å². The number of hydrogen-bond acceptors (Lipinski definition) is 6. The van der Waals surface area contributed by atoms with Crippen LogP contribution < -0.4 is 10.0 Å². The van der Waals surface area contributed by atoms with Gasteiger partial charge in [-0.25, -0.2) is 13.2 Å². The second-order valence-electron chi connectivity index (χ2n) is 4.19. The Morgan fingerprint density at radius 1 is 1.38 bits per heavy atom. The number of methoxy groups -OCH3 is 1. The highest BCUT2D eigenvalue weighted by Gasteiger charge is 2.24. The normalized spacial score (nSPS) is 11.0. The zero-order chi connectivity index (χ0) is 16.2. The van der Waals surface area contributed by atoms with E-state index in [1.54, 1.807) is 0 Å². The summed E-state index contributed by atoms with van der Waals surface area (Å²) in [5.41, 5.74) is 5.44. The molecule has 0 spiro atoms. The monoisotopic (exact) mass is 316 g/mol. The summed E-state index contributed by atoms with van der Waals surface area (Å²) >= 11 is 0. The lowest BCUT2D eigenvalue weighted by atomic mass is 10.1. The molecular weight excluding hydrogens is 300 g/mol. The smallest absolute Gasteiger partial charge is 0.337 e. The highest BCUT2D eigenvalue weighted by Crippen LogP contribution is 2.24. The molecule has 0 radical (unpaired) electrons. The van der Waals surface area contributed by atoms with Gasteiger partial charge in [0, 0.05) is 12.7 Å². The van der Waals surface area contributed by atoms with E-state index in [2.05, 4.69) is 4.74 Å². The van der Waals surface area contributed by atoms with Gasteiger partial charge in [-0.05, 0) is 18.2 Å². The fourth-order valence-corrected chi connectivity index (χ4v) is 2.76. The van der Waals surface area contributed by atoms with Crippen LogP contribution in [0.1, 0.15) is 16.8 Å². The number of carboxylic acids is 1. The van der Waals surface area contributed by atoms with E-state index in [1.165, 1.54) is 25.2 Å². The Kier molecular flexibility index (Phi) is 5.14. The minimum atomic E-state index is -3.86. The predicted octanol–water partition coefficient (Wildman–Crippen LogP) is 0.296. The van der Waals surface area contributed by atoms with Gasteiger partial charge in [0.2, 0.25) is 10.0 Å². The van der Waals surface area contributed by atoms with Gasteiger partial charge in [-0.15, -0.1) is 0 Å². The first-order valence-electron chi connectivity index (χ1n) is 5.85. The second kappa shape index (κ2) is 6.44. The molecule has 1 rings (SSSR count). The number of anilines is 2. The zero-order valence-corrected chi connectivity index (χ0v) is 12.4. The molecule has 0 amide bonds. The SMILES string of the molecule is COC(=O)CCS(=O)(=O)N(C)c1ccc(N)cc1C(=O)O. The van der Waals surface area contributed by atoms with Crippen LogP contribution in [-0.4, -0.2) is 45.4 Å². The van der Waals surface area contributed by atoms with Crippen LogP contribution >= 0.6 is 0 Å². The van der Waals surface area contributed by atoms with Gasteiger partial charge in [-0.2, -0.15) is 0 Å². The van der Waals surface area contributed by atoms with E-state index < -0.39 is 27.7 Å². The van der Waals surface area contributed by atoms with E-state index in [0.29, 0.717) is 0 Å². The van der Waals surface area contributed by atoms with Crippen LogP contribution in [-0.2, 0) is 19.6 Å². The summed E-state index contributed by atoms with van der Waals surface area (Å²) < 4.78 is 29.4. The van der Waals surface area contributed by atoms with Crippen LogP contribution in [0, 0.1) is 0 Å². The number of carbonyl (C=O) groups is 2. The summed E-state index contributed by atoms with van der Waals surface area (Å²) in [5, 5.41) is 9.11. The van der Waals surface area contributed by atoms with Crippen LogP contribution in [0.3, 0.4) is 0 Å². The minimum absolute atomic E-state index is 0.0263. The number of ether oxygens (including phenoxy) is 1. The fourth-order valence-electron chi connectivity index (χ4n) is 1.60. The summed E-state index contributed by atoms with van der Waals surface area (Å²) in [5.74, 6) is -2.45. The lowest BCUT2D eigenvalue weighted by molar-refractivity contribution is -0.140. The van der Waals surface area contributed by atoms with Gasteiger partial charge in [0.15, 0.2) is 0 Å².